The summed E-state index contributed by atoms with van der Waals surface area (Å²) in [5, 5.41) is 0. The van der Waals surface area contributed by atoms with Crippen LogP contribution in [-0.4, -0.2) is 4.98 Å². The quantitative estimate of drug-likeness (QED) is 0.603. The van der Waals surface area contributed by atoms with Crippen LogP contribution in [0.1, 0.15) is 29.4 Å². The lowest BCUT2D eigenvalue weighted by Crippen LogP contribution is -2.05. The highest BCUT2D eigenvalue weighted by atomic mass is 14.8. The summed E-state index contributed by atoms with van der Waals surface area (Å²) in [4.78, 5) is 4.42. The van der Waals surface area contributed by atoms with E-state index in [2.05, 4.69) is 11.1 Å². The van der Waals surface area contributed by atoms with Crippen molar-refractivity contribution in [3.63, 3.8) is 0 Å². The third-order valence-electron chi connectivity index (χ3n) is 2.24. The smallest absolute Gasteiger partial charge is 0.0455 e. The summed E-state index contributed by atoms with van der Waals surface area (Å²) >= 11 is 0. The van der Waals surface area contributed by atoms with Gasteiger partial charge >= 0.3 is 0 Å². The first-order valence-electron chi connectivity index (χ1n) is 3.99. The summed E-state index contributed by atoms with van der Waals surface area (Å²) in [6.45, 7) is 2.02. The maximum Gasteiger partial charge on any atom is 0.0455 e. The summed E-state index contributed by atoms with van der Waals surface area (Å²) in [6.07, 6.45) is 2.12. The van der Waals surface area contributed by atoms with Gasteiger partial charge in [0.1, 0.15) is 0 Å². The van der Waals surface area contributed by atoms with Crippen LogP contribution in [-0.2, 0) is 6.42 Å². The van der Waals surface area contributed by atoms with Gasteiger partial charge in [-0.3, -0.25) is 4.98 Å². The van der Waals surface area contributed by atoms with Gasteiger partial charge in [-0.15, -0.1) is 0 Å². The molecular weight excluding hydrogens is 136 g/mol. The molecule has 1 heterocycles. The summed E-state index contributed by atoms with van der Waals surface area (Å²) < 4.78 is 0. The van der Waals surface area contributed by atoms with Crippen LogP contribution < -0.4 is 5.73 Å². The molecule has 1 aliphatic carbocycles. The SMILES string of the molecule is Cc1ccc2c(n1)CC[C@H]2N. The molecule has 2 heteroatoms. The van der Waals surface area contributed by atoms with Gasteiger partial charge < -0.3 is 5.73 Å². The molecule has 0 aliphatic heterocycles. The lowest BCUT2D eigenvalue weighted by molar-refractivity contribution is 0.712. The molecule has 1 aliphatic rings. The molecule has 1 aromatic rings. The molecule has 0 spiro atoms. The van der Waals surface area contributed by atoms with Gasteiger partial charge in [0.15, 0.2) is 0 Å². The molecule has 0 unspecified atom stereocenters. The second-order valence-electron chi connectivity index (χ2n) is 3.13. The minimum Gasteiger partial charge on any atom is -0.324 e. The maximum absolute atomic E-state index is 5.86. The zero-order chi connectivity index (χ0) is 7.84. The average Bonchev–Trinajstić information content (AvgIpc) is 2.32. The molecule has 0 radical (unpaired) electrons. The van der Waals surface area contributed by atoms with Crippen LogP contribution in [0.2, 0.25) is 0 Å². The molecule has 0 amide bonds. The van der Waals surface area contributed by atoms with Gasteiger partial charge in [-0.25, -0.2) is 0 Å². The molecule has 1 atom stereocenters. The normalized spacial score (nSPS) is 21.8. The van der Waals surface area contributed by atoms with Gasteiger partial charge in [-0.05, 0) is 31.4 Å². The Morgan fingerprint density at radius 3 is 3.18 bits per heavy atom. The van der Waals surface area contributed by atoms with Crippen molar-refractivity contribution in [1.82, 2.24) is 4.98 Å². The van der Waals surface area contributed by atoms with Crippen LogP contribution in [0.25, 0.3) is 0 Å². The predicted molar refractivity (Wildman–Crippen MR) is 44.2 cm³/mol. The molecule has 0 fully saturated rings. The molecule has 58 valence electrons. The fourth-order valence-corrected chi connectivity index (χ4v) is 1.61. The maximum atomic E-state index is 5.86. The van der Waals surface area contributed by atoms with Gasteiger partial charge in [0.2, 0.25) is 0 Å². The van der Waals surface area contributed by atoms with Crippen molar-refractivity contribution in [3.05, 3.63) is 29.1 Å². The Labute approximate surface area is 66.4 Å². The first-order valence-corrected chi connectivity index (χ1v) is 3.99. The van der Waals surface area contributed by atoms with E-state index < -0.39 is 0 Å². The molecule has 0 saturated carbocycles. The minimum absolute atomic E-state index is 0.234. The van der Waals surface area contributed by atoms with Crippen LogP contribution >= 0.6 is 0 Å². The number of nitrogens with zero attached hydrogens (tertiary/aromatic N) is 1. The average molecular weight is 148 g/mol. The molecule has 2 nitrogen and oxygen atoms in total. The van der Waals surface area contributed by atoms with Crippen LogP contribution in [0.5, 0.6) is 0 Å². The van der Waals surface area contributed by atoms with Crippen molar-refractivity contribution in [1.29, 1.82) is 0 Å². The van der Waals surface area contributed by atoms with Crippen molar-refractivity contribution >= 4 is 0 Å². The van der Waals surface area contributed by atoms with E-state index in [1.165, 1.54) is 11.3 Å². The van der Waals surface area contributed by atoms with E-state index in [0.717, 1.165) is 18.5 Å². The van der Waals surface area contributed by atoms with Crippen LogP contribution in [0, 0.1) is 6.92 Å². The molecule has 1 aromatic heterocycles. The number of hydrogen-bond acceptors (Lipinski definition) is 2. The van der Waals surface area contributed by atoms with Crippen molar-refractivity contribution in [2.45, 2.75) is 25.8 Å². The topological polar surface area (TPSA) is 38.9 Å². The molecule has 0 bridgehead atoms. The van der Waals surface area contributed by atoms with Gasteiger partial charge in [0, 0.05) is 17.4 Å². The van der Waals surface area contributed by atoms with Crippen molar-refractivity contribution in [2.24, 2.45) is 5.73 Å². The van der Waals surface area contributed by atoms with Gasteiger partial charge in [-0.1, -0.05) is 6.07 Å². The third-order valence-corrected chi connectivity index (χ3v) is 2.24. The minimum atomic E-state index is 0.234. The lowest BCUT2D eigenvalue weighted by atomic mass is 10.1. The van der Waals surface area contributed by atoms with E-state index >= 15 is 0 Å². The van der Waals surface area contributed by atoms with E-state index in [0.29, 0.717) is 0 Å². The summed E-state index contributed by atoms with van der Waals surface area (Å²) in [5.74, 6) is 0. The Hall–Kier alpha value is -0.890. The van der Waals surface area contributed by atoms with E-state index in [4.69, 9.17) is 5.73 Å². The van der Waals surface area contributed by atoms with Crippen LogP contribution in [0.15, 0.2) is 12.1 Å². The standard InChI is InChI=1S/C9H12N2/c1-6-2-3-7-8(10)4-5-9(7)11-6/h2-3,8H,4-5,10H2,1H3/t8-/m1/s1. The molecule has 2 rings (SSSR count). The number of nitrogens with two attached hydrogens (primary N) is 1. The molecular formula is C9H12N2. The number of fused-ring (bicyclic) bond motifs is 1. The van der Waals surface area contributed by atoms with Crippen LogP contribution in [0.4, 0.5) is 0 Å². The Morgan fingerprint density at radius 1 is 1.55 bits per heavy atom. The highest BCUT2D eigenvalue weighted by Crippen LogP contribution is 2.27. The Bertz CT molecular complexity index is 281. The summed E-state index contributed by atoms with van der Waals surface area (Å²) in [6, 6.07) is 4.37. The summed E-state index contributed by atoms with van der Waals surface area (Å²) in [5.41, 5.74) is 9.40. The van der Waals surface area contributed by atoms with Crippen LogP contribution in [0.3, 0.4) is 0 Å². The monoisotopic (exact) mass is 148 g/mol. The zero-order valence-corrected chi connectivity index (χ0v) is 6.67. The van der Waals surface area contributed by atoms with E-state index in [-0.39, 0.29) is 6.04 Å². The largest absolute Gasteiger partial charge is 0.324 e. The summed E-state index contributed by atoms with van der Waals surface area (Å²) in [7, 11) is 0. The van der Waals surface area contributed by atoms with E-state index in [9.17, 15) is 0 Å². The predicted octanol–water partition coefficient (Wildman–Crippen LogP) is 1.34. The number of hydrogen-bond donors (Lipinski definition) is 1. The third kappa shape index (κ3) is 1.03. The van der Waals surface area contributed by atoms with E-state index in [1.54, 1.807) is 0 Å². The van der Waals surface area contributed by atoms with Gasteiger partial charge in [0.05, 0.1) is 0 Å². The lowest BCUT2D eigenvalue weighted by Gasteiger charge is -2.02. The number of pyridine rings is 1. The zero-order valence-electron chi connectivity index (χ0n) is 6.67. The Morgan fingerprint density at radius 2 is 2.36 bits per heavy atom. The first kappa shape index (κ1) is 6.80. The van der Waals surface area contributed by atoms with Crippen molar-refractivity contribution in [3.8, 4) is 0 Å². The van der Waals surface area contributed by atoms with Crippen molar-refractivity contribution < 1.29 is 0 Å². The molecule has 0 aromatic carbocycles. The Kier molecular flexibility index (Phi) is 1.43. The number of aromatic nitrogens is 1. The van der Waals surface area contributed by atoms with E-state index in [1.807, 2.05) is 13.0 Å². The fourth-order valence-electron chi connectivity index (χ4n) is 1.61. The highest BCUT2D eigenvalue weighted by molar-refractivity contribution is 5.29. The Balaban J connectivity index is 2.50. The molecule has 11 heavy (non-hydrogen) atoms. The molecule has 2 N–H and O–H groups in total. The van der Waals surface area contributed by atoms with Gasteiger partial charge in [0.25, 0.3) is 0 Å². The second-order valence-corrected chi connectivity index (χ2v) is 3.13. The molecule has 0 saturated heterocycles. The van der Waals surface area contributed by atoms with Gasteiger partial charge in [-0.2, -0.15) is 0 Å². The number of rotatable bonds is 0. The highest BCUT2D eigenvalue weighted by Gasteiger charge is 2.19. The first-order chi connectivity index (χ1) is 5.27. The second kappa shape index (κ2) is 2.31. The number of aryl methyl sites for hydroxylation is 2. The fraction of sp³-hybridized carbons (Fsp3) is 0.444. The van der Waals surface area contributed by atoms with Crippen molar-refractivity contribution in [2.75, 3.05) is 0 Å².